The molecule has 1 amide bonds. The molecular formula is C13H15NO5. The molecule has 1 aromatic rings. The lowest BCUT2D eigenvalue weighted by Crippen LogP contribution is -2.39. The quantitative estimate of drug-likeness (QED) is 0.829. The van der Waals surface area contributed by atoms with Crippen LogP contribution < -0.4 is 5.32 Å². The Morgan fingerprint density at radius 1 is 1.21 bits per heavy atom. The van der Waals surface area contributed by atoms with Gasteiger partial charge < -0.3 is 19.9 Å². The van der Waals surface area contributed by atoms with Gasteiger partial charge in [-0.2, -0.15) is 0 Å². The minimum Gasteiger partial charge on any atom is -0.478 e. The molecule has 2 N–H and O–H groups in total. The number of ether oxygens (including phenoxy) is 2. The first-order valence-corrected chi connectivity index (χ1v) is 5.97. The van der Waals surface area contributed by atoms with Gasteiger partial charge in [-0.05, 0) is 24.3 Å². The number of amides is 1. The van der Waals surface area contributed by atoms with E-state index in [-0.39, 0.29) is 17.6 Å². The molecule has 1 aliphatic heterocycles. The molecule has 1 unspecified atom stereocenters. The van der Waals surface area contributed by atoms with Crippen LogP contribution in [0.4, 0.5) is 0 Å². The van der Waals surface area contributed by atoms with E-state index < -0.39 is 5.97 Å². The largest absolute Gasteiger partial charge is 0.478 e. The minimum absolute atomic E-state index is 0.129. The van der Waals surface area contributed by atoms with Crippen molar-refractivity contribution < 1.29 is 24.2 Å². The Morgan fingerprint density at radius 2 is 1.89 bits per heavy atom. The van der Waals surface area contributed by atoms with Gasteiger partial charge in [-0.1, -0.05) is 0 Å². The van der Waals surface area contributed by atoms with E-state index in [1.54, 1.807) is 0 Å². The normalized spacial score (nSPS) is 18.8. The van der Waals surface area contributed by atoms with E-state index in [1.165, 1.54) is 24.3 Å². The summed E-state index contributed by atoms with van der Waals surface area (Å²) in [7, 11) is 0. The van der Waals surface area contributed by atoms with Crippen LogP contribution >= 0.6 is 0 Å². The van der Waals surface area contributed by atoms with Crippen molar-refractivity contribution in [2.75, 3.05) is 26.4 Å². The number of hydrogen-bond acceptors (Lipinski definition) is 4. The van der Waals surface area contributed by atoms with Gasteiger partial charge in [0.2, 0.25) is 0 Å². The third-order valence-corrected chi connectivity index (χ3v) is 2.77. The molecule has 0 saturated carbocycles. The molecule has 0 radical (unpaired) electrons. The van der Waals surface area contributed by atoms with Crippen molar-refractivity contribution in [1.82, 2.24) is 5.32 Å². The summed E-state index contributed by atoms with van der Waals surface area (Å²) >= 11 is 0. The number of rotatable bonds is 4. The molecule has 0 spiro atoms. The van der Waals surface area contributed by atoms with Crippen LogP contribution in [0, 0.1) is 0 Å². The van der Waals surface area contributed by atoms with Crippen LogP contribution in [0.2, 0.25) is 0 Å². The highest BCUT2D eigenvalue weighted by atomic mass is 16.6. The Labute approximate surface area is 110 Å². The Bertz CT molecular complexity index is 451. The summed E-state index contributed by atoms with van der Waals surface area (Å²) in [6.07, 6.45) is -0.129. The lowest BCUT2D eigenvalue weighted by molar-refractivity contribution is -0.0855. The van der Waals surface area contributed by atoms with Crippen molar-refractivity contribution in [2.45, 2.75) is 6.10 Å². The Hall–Kier alpha value is -1.92. The fourth-order valence-electron chi connectivity index (χ4n) is 1.73. The van der Waals surface area contributed by atoms with Crippen LogP contribution in [0.15, 0.2) is 24.3 Å². The number of hydrogen-bond donors (Lipinski definition) is 2. The molecule has 1 atom stereocenters. The summed E-state index contributed by atoms with van der Waals surface area (Å²) in [5, 5.41) is 11.5. The first-order valence-electron chi connectivity index (χ1n) is 5.97. The summed E-state index contributed by atoms with van der Waals surface area (Å²) < 4.78 is 10.6. The van der Waals surface area contributed by atoms with Crippen molar-refractivity contribution in [3.63, 3.8) is 0 Å². The van der Waals surface area contributed by atoms with Crippen molar-refractivity contribution in [1.29, 1.82) is 0 Å². The minimum atomic E-state index is -1.01. The summed E-state index contributed by atoms with van der Waals surface area (Å²) in [5.41, 5.74) is 0.572. The molecule has 2 rings (SSSR count). The van der Waals surface area contributed by atoms with Gasteiger partial charge in [-0.3, -0.25) is 4.79 Å². The lowest BCUT2D eigenvalue weighted by atomic mass is 10.1. The maximum absolute atomic E-state index is 11.8. The molecule has 0 aromatic heterocycles. The van der Waals surface area contributed by atoms with Crippen molar-refractivity contribution in [3.05, 3.63) is 35.4 Å². The van der Waals surface area contributed by atoms with Crippen LogP contribution in [-0.4, -0.2) is 49.5 Å². The number of carboxylic acid groups (broad SMARTS) is 1. The van der Waals surface area contributed by atoms with Gasteiger partial charge in [0, 0.05) is 12.1 Å². The summed E-state index contributed by atoms with van der Waals surface area (Å²) in [6.45, 7) is 1.96. The molecule has 0 aliphatic carbocycles. The maximum Gasteiger partial charge on any atom is 0.335 e. The third kappa shape index (κ3) is 3.77. The molecule has 1 heterocycles. The number of benzene rings is 1. The lowest BCUT2D eigenvalue weighted by Gasteiger charge is -2.23. The highest BCUT2D eigenvalue weighted by molar-refractivity contribution is 5.95. The van der Waals surface area contributed by atoms with Crippen LogP contribution in [0.5, 0.6) is 0 Å². The number of aromatic carboxylic acids is 1. The molecule has 1 fully saturated rings. The zero-order valence-electron chi connectivity index (χ0n) is 10.3. The standard InChI is InChI=1S/C13H15NO5/c15-12(14-7-11-8-18-5-6-19-11)9-1-3-10(4-2-9)13(16)17/h1-4,11H,5-8H2,(H,14,15)(H,16,17). The number of carbonyl (C=O) groups excluding carboxylic acids is 1. The van der Waals surface area contributed by atoms with Gasteiger partial charge in [-0.25, -0.2) is 4.79 Å². The maximum atomic E-state index is 11.8. The Balaban J connectivity index is 1.86. The van der Waals surface area contributed by atoms with E-state index in [4.69, 9.17) is 14.6 Å². The average molecular weight is 265 g/mol. The topological polar surface area (TPSA) is 84.9 Å². The van der Waals surface area contributed by atoms with Gasteiger partial charge in [0.25, 0.3) is 5.91 Å². The predicted octanol–water partition coefficient (Wildman–Crippen LogP) is 0.530. The van der Waals surface area contributed by atoms with Gasteiger partial charge in [0.1, 0.15) is 0 Å². The second kappa shape index (κ2) is 6.31. The highest BCUT2D eigenvalue weighted by Gasteiger charge is 2.15. The molecule has 102 valence electrons. The van der Waals surface area contributed by atoms with E-state index in [9.17, 15) is 9.59 Å². The Morgan fingerprint density at radius 3 is 2.47 bits per heavy atom. The molecule has 1 aliphatic rings. The second-order valence-electron chi connectivity index (χ2n) is 4.16. The van der Waals surface area contributed by atoms with Crippen molar-refractivity contribution in [2.24, 2.45) is 0 Å². The van der Waals surface area contributed by atoms with E-state index in [2.05, 4.69) is 5.32 Å². The number of carboxylic acids is 1. The van der Waals surface area contributed by atoms with E-state index in [0.717, 1.165) is 0 Å². The summed E-state index contributed by atoms with van der Waals surface area (Å²) in [4.78, 5) is 22.5. The fraction of sp³-hybridized carbons (Fsp3) is 0.385. The first-order chi connectivity index (χ1) is 9.16. The zero-order valence-corrected chi connectivity index (χ0v) is 10.3. The van der Waals surface area contributed by atoms with Crippen LogP contribution in [0.3, 0.4) is 0 Å². The molecular weight excluding hydrogens is 250 g/mol. The molecule has 19 heavy (non-hydrogen) atoms. The highest BCUT2D eigenvalue weighted by Crippen LogP contribution is 2.05. The van der Waals surface area contributed by atoms with Crippen LogP contribution in [-0.2, 0) is 9.47 Å². The number of carbonyl (C=O) groups is 2. The van der Waals surface area contributed by atoms with Crippen LogP contribution in [0.25, 0.3) is 0 Å². The average Bonchev–Trinajstić information content (AvgIpc) is 2.46. The van der Waals surface area contributed by atoms with Crippen molar-refractivity contribution in [3.8, 4) is 0 Å². The second-order valence-corrected chi connectivity index (χ2v) is 4.16. The Kier molecular flexibility index (Phi) is 4.48. The van der Waals surface area contributed by atoms with Gasteiger partial charge in [0.05, 0.1) is 31.5 Å². The monoisotopic (exact) mass is 265 g/mol. The molecule has 6 nitrogen and oxygen atoms in total. The van der Waals surface area contributed by atoms with E-state index in [0.29, 0.717) is 31.9 Å². The number of nitrogens with one attached hydrogen (secondary N) is 1. The van der Waals surface area contributed by atoms with E-state index in [1.807, 2.05) is 0 Å². The molecule has 1 aromatic carbocycles. The molecule has 1 saturated heterocycles. The van der Waals surface area contributed by atoms with Crippen molar-refractivity contribution >= 4 is 11.9 Å². The van der Waals surface area contributed by atoms with E-state index >= 15 is 0 Å². The third-order valence-electron chi connectivity index (χ3n) is 2.77. The summed E-state index contributed by atoms with van der Waals surface area (Å²) in [6, 6.07) is 5.77. The van der Waals surface area contributed by atoms with Gasteiger partial charge in [0.15, 0.2) is 0 Å². The molecule has 0 bridgehead atoms. The predicted molar refractivity (Wildman–Crippen MR) is 66.3 cm³/mol. The first kappa shape index (κ1) is 13.5. The van der Waals surface area contributed by atoms with Crippen LogP contribution in [0.1, 0.15) is 20.7 Å². The van der Waals surface area contributed by atoms with Gasteiger partial charge in [-0.15, -0.1) is 0 Å². The van der Waals surface area contributed by atoms with Gasteiger partial charge >= 0.3 is 5.97 Å². The zero-order chi connectivity index (χ0) is 13.7. The SMILES string of the molecule is O=C(O)c1ccc(C(=O)NCC2COCCO2)cc1. The smallest absolute Gasteiger partial charge is 0.335 e. The summed E-state index contributed by atoms with van der Waals surface area (Å²) in [5.74, 6) is -1.27. The molecule has 6 heteroatoms. The fourth-order valence-corrected chi connectivity index (χ4v) is 1.73.